The van der Waals surface area contributed by atoms with Crippen molar-refractivity contribution in [2.45, 2.75) is 0 Å². The molecule has 0 radical (unpaired) electrons. The predicted octanol–water partition coefficient (Wildman–Crippen LogP) is 3.85. The molecule has 2 aromatic carbocycles. The van der Waals surface area contributed by atoms with Crippen LogP contribution in [0.25, 0.3) is 0 Å². The Labute approximate surface area is 135 Å². The average molecular weight is 365 g/mol. The molecule has 0 aliphatic rings. The Morgan fingerprint density at radius 1 is 1.05 bits per heavy atom. The first-order chi connectivity index (χ1) is 10.6. The van der Waals surface area contributed by atoms with E-state index in [4.69, 9.17) is 9.47 Å². The molecule has 0 atom stereocenters. The largest absolute Gasteiger partial charge is 0.493 e. The lowest BCUT2D eigenvalue weighted by molar-refractivity contribution is 0.0600. The fraction of sp³-hybridized carbons (Fsp3) is 0.125. The Morgan fingerprint density at radius 2 is 1.77 bits per heavy atom. The van der Waals surface area contributed by atoms with Gasteiger partial charge in [-0.15, -0.1) is 0 Å². The van der Waals surface area contributed by atoms with Crippen molar-refractivity contribution in [1.29, 1.82) is 0 Å². The van der Waals surface area contributed by atoms with E-state index in [1.165, 1.54) is 14.2 Å². The summed E-state index contributed by atoms with van der Waals surface area (Å²) >= 11 is 3.35. The van der Waals surface area contributed by atoms with Crippen molar-refractivity contribution in [3.05, 3.63) is 52.0 Å². The van der Waals surface area contributed by atoms with Crippen molar-refractivity contribution in [1.82, 2.24) is 0 Å². The highest BCUT2D eigenvalue weighted by Gasteiger charge is 2.12. The minimum Gasteiger partial charge on any atom is -0.493 e. The van der Waals surface area contributed by atoms with Crippen LogP contribution in [0.1, 0.15) is 20.7 Å². The number of methoxy groups -OCH3 is 2. The number of esters is 1. The normalized spacial score (nSPS) is 9.95. The number of hydrogen-bond acceptors (Lipinski definition) is 5. The zero-order valence-electron chi connectivity index (χ0n) is 12.0. The SMILES string of the molecule is COC(=O)c1ccc(Oc2ccc(C=O)cc2OC)c(Br)c1. The summed E-state index contributed by atoms with van der Waals surface area (Å²) in [4.78, 5) is 22.2. The van der Waals surface area contributed by atoms with E-state index < -0.39 is 5.97 Å². The summed E-state index contributed by atoms with van der Waals surface area (Å²) in [6.45, 7) is 0. The van der Waals surface area contributed by atoms with Gasteiger partial charge in [-0.25, -0.2) is 4.79 Å². The minimum atomic E-state index is -0.430. The highest BCUT2D eigenvalue weighted by Crippen LogP contribution is 2.36. The maximum atomic E-state index is 11.5. The van der Waals surface area contributed by atoms with Crippen LogP contribution >= 0.6 is 15.9 Å². The molecular formula is C16H13BrO5. The van der Waals surface area contributed by atoms with E-state index in [0.717, 1.165) is 6.29 Å². The quantitative estimate of drug-likeness (QED) is 0.595. The number of aldehydes is 1. The summed E-state index contributed by atoms with van der Waals surface area (Å²) in [5.74, 6) is 0.970. The van der Waals surface area contributed by atoms with Crippen LogP contribution in [0.15, 0.2) is 40.9 Å². The number of ether oxygens (including phenoxy) is 3. The molecule has 22 heavy (non-hydrogen) atoms. The van der Waals surface area contributed by atoms with Gasteiger partial charge in [-0.1, -0.05) is 0 Å². The molecule has 5 nitrogen and oxygen atoms in total. The van der Waals surface area contributed by atoms with Gasteiger partial charge >= 0.3 is 5.97 Å². The summed E-state index contributed by atoms with van der Waals surface area (Å²) in [7, 11) is 2.81. The lowest BCUT2D eigenvalue weighted by Crippen LogP contribution is -2.01. The second-order valence-electron chi connectivity index (χ2n) is 4.27. The molecule has 0 heterocycles. The van der Waals surface area contributed by atoms with Crippen LogP contribution in [0.4, 0.5) is 0 Å². The molecule has 0 saturated heterocycles. The maximum Gasteiger partial charge on any atom is 0.337 e. The number of rotatable bonds is 5. The lowest BCUT2D eigenvalue weighted by Gasteiger charge is -2.12. The molecule has 114 valence electrons. The molecule has 0 fully saturated rings. The third kappa shape index (κ3) is 3.46. The van der Waals surface area contributed by atoms with Gasteiger partial charge in [0.05, 0.1) is 24.3 Å². The highest BCUT2D eigenvalue weighted by atomic mass is 79.9. The minimum absolute atomic E-state index is 0.407. The van der Waals surface area contributed by atoms with E-state index in [1.54, 1.807) is 36.4 Å². The molecule has 6 heteroatoms. The maximum absolute atomic E-state index is 11.5. The molecule has 0 aliphatic carbocycles. The molecule has 0 saturated carbocycles. The summed E-state index contributed by atoms with van der Waals surface area (Å²) in [6, 6.07) is 9.69. The number of hydrogen-bond donors (Lipinski definition) is 0. The Balaban J connectivity index is 2.31. The van der Waals surface area contributed by atoms with Crippen LogP contribution in [-0.2, 0) is 4.74 Å². The fourth-order valence-electron chi connectivity index (χ4n) is 1.79. The zero-order valence-corrected chi connectivity index (χ0v) is 13.5. The molecule has 0 N–H and O–H groups in total. The van der Waals surface area contributed by atoms with Gasteiger partial charge in [-0.05, 0) is 52.3 Å². The Morgan fingerprint density at radius 3 is 2.36 bits per heavy atom. The van der Waals surface area contributed by atoms with Crippen LogP contribution in [-0.4, -0.2) is 26.5 Å². The van der Waals surface area contributed by atoms with E-state index in [1.807, 2.05) is 0 Å². The molecule has 2 aromatic rings. The van der Waals surface area contributed by atoms with Crippen LogP contribution in [0.5, 0.6) is 17.2 Å². The molecule has 0 bridgehead atoms. The van der Waals surface area contributed by atoms with Crippen LogP contribution in [0.2, 0.25) is 0 Å². The predicted molar refractivity (Wildman–Crippen MR) is 83.9 cm³/mol. The monoisotopic (exact) mass is 364 g/mol. The van der Waals surface area contributed by atoms with E-state index in [2.05, 4.69) is 20.7 Å². The van der Waals surface area contributed by atoms with Gasteiger partial charge in [0.2, 0.25) is 0 Å². The van der Waals surface area contributed by atoms with Gasteiger partial charge in [0, 0.05) is 5.56 Å². The van der Waals surface area contributed by atoms with Gasteiger partial charge < -0.3 is 14.2 Å². The summed E-state index contributed by atoms with van der Waals surface area (Å²) < 4.78 is 16.2. The molecule has 0 aliphatic heterocycles. The molecule has 0 aromatic heterocycles. The van der Waals surface area contributed by atoms with Crippen LogP contribution < -0.4 is 9.47 Å². The Bertz CT molecular complexity index is 712. The van der Waals surface area contributed by atoms with Crippen molar-refractivity contribution in [2.24, 2.45) is 0 Å². The van der Waals surface area contributed by atoms with Crippen molar-refractivity contribution in [2.75, 3.05) is 14.2 Å². The highest BCUT2D eigenvalue weighted by molar-refractivity contribution is 9.10. The van der Waals surface area contributed by atoms with Gasteiger partial charge in [0.25, 0.3) is 0 Å². The van der Waals surface area contributed by atoms with Gasteiger partial charge in [-0.2, -0.15) is 0 Å². The van der Waals surface area contributed by atoms with Crippen LogP contribution in [0.3, 0.4) is 0 Å². The van der Waals surface area contributed by atoms with Crippen molar-refractivity contribution in [3.8, 4) is 17.2 Å². The second kappa shape index (κ2) is 7.09. The third-order valence-corrected chi connectivity index (χ3v) is 3.52. The Kier molecular flexibility index (Phi) is 5.16. The second-order valence-corrected chi connectivity index (χ2v) is 5.12. The Hall–Kier alpha value is -2.34. The molecule has 2 rings (SSSR count). The third-order valence-electron chi connectivity index (χ3n) is 2.90. The molecule has 0 unspecified atom stereocenters. The van der Waals surface area contributed by atoms with Crippen molar-refractivity contribution < 1.29 is 23.8 Å². The number of halogens is 1. The van der Waals surface area contributed by atoms with E-state index >= 15 is 0 Å². The van der Waals surface area contributed by atoms with E-state index in [9.17, 15) is 9.59 Å². The zero-order chi connectivity index (χ0) is 16.1. The number of carbonyl (C=O) groups is 2. The van der Waals surface area contributed by atoms with Crippen molar-refractivity contribution in [3.63, 3.8) is 0 Å². The van der Waals surface area contributed by atoms with Gasteiger partial charge in [-0.3, -0.25) is 4.79 Å². The number of carbonyl (C=O) groups excluding carboxylic acids is 2. The first-order valence-electron chi connectivity index (χ1n) is 6.28. The summed E-state index contributed by atoms with van der Waals surface area (Å²) in [5, 5.41) is 0. The van der Waals surface area contributed by atoms with Gasteiger partial charge in [0.1, 0.15) is 12.0 Å². The van der Waals surface area contributed by atoms with Crippen LogP contribution in [0, 0.1) is 0 Å². The topological polar surface area (TPSA) is 61.8 Å². The molecule has 0 amide bonds. The average Bonchev–Trinajstić information content (AvgIpc) is 2.56. The first kappa shape index (κ1) is 16.0. The number of benzene rings is 2. The fourth-order valence-corrected chi connectivity index (χ4v) is 2.25. The summed E-state index contributed by atoms with van der Waals surface area (Å²) in [6.07, 6.45) is 0.730. The van der Waals surface area contributed by atoms with E-state index in [0.29, 0.717) is 32.8 Å². The summed E-state index contributed by atoms with van der Waals surface area (Å²) in [5.41, 5.74) is 0.897. The van der Waals surface area contributed by atoms with E-state index in [-0.39, 0.29) is 0 Å². The first-order valence-corrected chi connectivity index (χ1v) is 7.07. The van der Waals surface area contributed by atoms with Crippen molar-refractivity contribution >= 4 is 28.2 Å². The standard InChI is InChI=1S/C16H13BrO5/c1-20-15-7-10(9-18)3-5-14(15)22-13-6-4-11(8-12(13)17)16(19)21-2/h3-9H,1-2H3. The molecular weight excluding hydrogens is 352 g/mol. The van der Waals surface area contributed by atoms with Gasteiger partial charge in [0.15, 0.2) is 11.5 Å². The lowest BCUT2D eigenvalue weighted by atomic mass is 10.2. The smallest absolute Gasteiger partial charge is 0.337 e. The molecule has 0 spiro atoms.